The Labute approximate surface area is 118 Å². The number of benzene rings is 1. The van der Waals surface area contributed by atoms with Gasteiger partial charge in [0.2, 0.25) is 0 Å². The molecule has 2 aromatic rings. The Kier molecular flexibility index (Phi) is 3.34. The summed E-state index contributed by atoms with van der Waals surface area (Å²) in [5.74, 6) is 1.13. The first-order chi connectivity index (χ1) is 9.58. The zero-order valence-corrected chi connectivity index (χ0v) is 12.2. The lowest BCUT2D eigenvalue weighted by atomic mass is 10.1. The van der Waals surface area contributed by atoms with Crippen LogP contribution in [-0.4, -0.2) is 16.1 Å². The lowest BCUT2D eigenvalue weighted by Crippen LogP contribution is -2.25. The van der Waals surface area contributed by atoms with E-state index in [2.05, 4.69) is 23.7 Å². The maximum absolute atomic E-state index is 13.7. The number of aryl methyl sites for hydroxylation is 1. The van der Waals surface area contributed by atoms with Gasteiger partial charge in [-0.1, -0.05) is 19.9 Å². The summed E-state index contributed by atoms with van der Waals surface area (Å²) in [5.41, 5.74) is 4.32. The van der Waals surface area contributed by atoms with Crippen molar-refractivity contribution >= 4 is 0 Å². The average Bonchev–Trinajstić information content (AvgIpc) is 2.81. The third-order valence-electron chi connectivity index (χ3n) is 3.84. The summed E-state index contributed by atoms with van der Waals surface area (Å²) in [6.45, 7) is 8.03. The number of imidazole rings is 1. The number of nitrogens with zero attached hydrogens (tertiary/aromatic N) is 2. The van der Waals surface area contributed by atoms with Gasteiger partial charge < -0.3 is 5.32 Å². The van der Waals surface area contributed by atoms with E-state index in [9.17, 15) is 4.39 Å². The Bertz CT molecular complexity index is 643. The molecule has 20 heavy (non-hydrogen) atoms. The van der Waals surface area contributed by atoms with Crippen molar-refractivity contribution in [2.75, 3.05) is 6.54 Å². The van der Waals surface area contributed by atoms with Crippen LogP contribution in [0.4, 0.5) is 4.39 Å². The molecule has 4 heteroatoms. The van der Waals surface area contributed by atoms with E-state index in [1.165, 1.54) is 11.8 Å². The molecule has 1 aliphatic rings. The van der Waals surface area contributed by atoms with E-state index in [4.69, 9.17) is 4.98 Å². The number of aromatic nitrogens is 2. The molecule has 0 saturated carbocycles. The molecule has 3 nitrogen and oxygen atoms in total. The van der Waals surface area contributed by atoms with Crippen LogP contribution in [0.3, 0.4) is 0 Å². The summed E-state index contributed by atoms with van der Waals surface area (Å²) in [6.07, 6.45) is 0.936. The van der Waals surface area contributed by atoms with Gasteiger partial charge in [0.15, 0.2) is 0 Å². The third-order valence-corrected chi connectivity index (χ3v) is 3.84. The van der Waals surface area contributed by atoms with E-state index in [-0.39, 0.29) is 5.82 Å². The summed E-state index contributed by atoms with van der Waals surface area (Å²) in [7, 11) is 0. The number of rotatable bonds is 2. The fraction of sp³-hybridized carbons (Fsp3) is 0.438. The van der Waals surface area contributed by atoms with E-state index in [0.717, 1.165) is 42.3 Å². The first-order valence-electron chi connectivity index (χ1n) is 7.15. The van der Waals surface area contributed by atoms with Gasteiger partial charge in [0.05, 0.1) is 11.4 Å². The molecule has 0 atom stereocenters. The first-order valence-corrected chi connectivity index (χ1v) is 7.15. The molecule has 2 heterocycles. The van der Waals surface area contributed by atoms with E-state index < -0.39 is 0 Å². The van der Waals surface area contributed by atoms with Crippen molar-refractivity contribution < 1.29 is 4.39 Å². The molecule has 0 radical (unpaired) electrons. The third kappa shape index (κ3) is 2.14. The lowest BCUT2D eigenvalue weighted by Gasteiger charge is -2.18. The normalized spacial score (nSPS) is 14.7. The highest BCUT2D eigenvalue weighted by Crippen LogP contribution is 2.28. The standard InChI is InChI=1S/C16H20FN3/c1-10(2)16-19-13-9-18-7-6-14(13)20(16)15-8-12(17)5-4-11(15)3/h4-5,8,10,18H,6-7,9H2,1-3H3. The van der Waals surface area contributed by atoms with Crippen molar-refractivity contribution in [3.63, 3.8) is 0 Å². The molecule has 0 amide bonds. The average molecular weight is 273 g/mol. The van der Waals surface area contributed by atoms with Crippen LogP contribution in [0.15, 0.2) is 18.2 Å². The molecule has 1 aliphatic heterocycles. The van der Waals surface area contributed by atoms with Gasteiger partial charge in [-0.05, 0) is 24.6 Å². The summed E-state index contributed by atoms with van der Waals surface area (Å²) < 4.78 is 15.8. The molecule has 0 unspecified atom stereocenters. The Balaban J connectivity index is 2.25. The van der Waals surface area contributed by atoms with Crippen LogP contribution in [0.1, 0.15) is 42.5 Å². The minimum atomic E-state index is -0.198. The van der Waals surface area contributed by atoms with Gasteiger partial charge in [0.25, 0.3) is 0 Å². The zero-order chi connectivity index (χ0) is 14.3. The molecule has 1 aromatic heterocycles. The van der Waals surface area contributed by atoms with Crippen LogP contribution < -0.4 is 5.32 Å². The van der Waals surface area contributed by atoms with Crippen LogP contribution in [0, 0.1) is 12.7 Å². The van der Waals surface area contributed by atoms with E-state index >= 15 is 0 Å². The Hall–Kier alpha value is -1.68. The number of hydrogen-bond acceptors (Lipinski definition) is 2. The van der Waals surface area contributed by atoms with Crippen molar-refractivity contribution in [1.82, 2.24) is 14.9 Å². The molecule has 0 fully saturated rings. The van der Waals surface area contributed by atoms with Gasteiger partial charge >= 0.3 is 0 Å². The molecule has 0 saturated heterocycles. The highest BCUT2D eigenvalue weighted by molar-refractivity contribution is 5.45. The van der Waals surface area contributed by atoms with Crippen molar-refractivity contribution in [2.24, 2.45) is 0 Å². The van der Waals surface area contributed by atoms with Crippen LogP contribution in [0.2, 0.25) is 0 Å². The summed E-state index contributed by atoms with van der Waals surface area (Å²) in [6, 6.07) is 4.96. The second-order valence-electron chi connectivity index (χ2n) is 5.71. The second kappa shape index (κ2) is 5.02. The van der Waals surface area contributed by atoms with E-state index in [0.29, 0.717) is 5.92 Å². The first kappa shape index (κ1) is 13.3. The molecular weight excluding hydrogens is 253 g/mol. The maximum Gasteiger partial charge on any atom is 0.125 e. The van der Waals surface area contributed by atoms with Gasteiger partial charge in [-0.25, -0.2) is 9.37 Å². The topological polar surface area (TPSA) is 29.9 Å². The predicted octanol–water partition coefficient (Wildman–Crippen LogP) is 3.09. The zero-order valence-electron chi connectivity index (χ0n) is 12.2. The maximum atomic E-state index is 13.7. The Morgan fingerprint density at radius 2 is 2.15 bits per heavy atom. The fourth-order valence-electron chi connectivity index (χ4n) is 2.81. The SMILES string of the molecule is Cc1ccc(F)cc1-n1c(C(C)C)nc2c1CCNC2. The fourth-order valence-corrected chi connectivity index (χ4v) is 2.81. The van der Waals surface area contributed by atoms with Gasteiger partial charge in [-0.2, -0.15) is 0 Å². The largest absolute Gasteiger partial charge is 0.311 e. The van der Waals surface area contributed by atoms with Crippen molar-refractivity contribution in [2.45, 2.75) is 39.7 Å². The number of halogens is 1. The van der Waals surface area contributed by atoms with Gasteiger partial charge in [0.1, 0.15) is 11.6 Å². The van der Waals surface area contributed by atoms with Gasteiger partial charge in [-0.15, -0.1) is 0 Å². The molecule has 3 rings (SSSR count). The summed E-state index contributed by atoms with van der Waals surface area (Å²) in [4.78, 5) is 4.78. The molecular formula is C16H20FN3. The smallest absolute Gasteiger partial charge is 0.125 e. The van der Waals surface area contributed by atoms with Crippen molar-refractivity contribution in [3.05, 3.63) is 46.8 Å². The van der Waals surface area contributed by atoms with Crippen LogP contribution in [0.5, 0.6) is 0 Å². The Morgan fingerprint density at radius 3 is 2.90 bits per heavy atom. The molecule has 0 aliphatic carbocycles. The quantitative estimate of drug-likeness (QED) is 0.911. The van der Waals surface area contributed by atoms with Crippen molar-refractivity contribution in [3.8, 4) is 5.69 Å². The Morgan fingerprint density at radius 1 is 1.35 bits per heavy atom. The second-order valence-corrected chi connectivity index (χ2v) is 5.71. The molecule has 0 spiro atoms. The number of hydrogen-bond donors (Lipinski definition) is 1. The monoisotopic (exact) mass is 273 g/mol. The molecule has 1 aromatic carbocycles. The minimum absolute atomic E-state index is 0.198. The summed E-state index contributed by atoms with van der Waals surface area (Å²) >= 11 is 0. The predicted molar refractivity (Wildman–Crippen MR) is 77.8 cm³/mol. The molecule has 0 bridgehead atoms. The van der Waals surface area contributed by atoms with E-state index in [1.807, 2.05) is 13.0 Å². The minimum Gasteiger partial charge on any atom is -0.311 e. The number of nitrogens with one attached hydrogen (secondary N) is 1. The van der Waals surface area contributed by atoms with Crippen LogP contribution in [-0.2, 0) is 13.0 Å². The van der Waals surface area contributed by atoms with Crippen molar-refractivity contribution in [1.29, 1.82) is 0 Å². The van der Waals surface area contributed by atoms with Crippen LogP contribution in [0.25, 0.3) is 5.69 Å². The van der Waals surface area contributed by atoms with E-state index in [1.54, 1.807) is 6.07 Å². The molecule has 106 valence electrons. The molecule has 1 N–H and O–H groups in total. The highest BCUT2D eigenvalue weighted by Gasteiger charge is 2.23. The summed E-state index contributed by atoms with van der Waals surface area (Å²) in [5, 5.41) is 3.35. The highest BCUT2D eigenvalue weighted by atomic mass is 19.1. The number of fused-ring (bicyclic) bond motifs is 1. The van der Waals surface area contributed by atoms with Gasteiger partial charge in [0, 0.05) is 31.1 Å². The lowest BCUT2D eigenvalue weighted by molar-refractivity contribution is 0.613. The van der Waals surface area contributed by atoms with Gasteiger partial charge in [-0.3, -0.25) is 4.57 Å². The van der Waals surface area contributed by atoms with Crippen LogP contribution >= 0.6 is 0 Å².